The first-order valence-corrected chi connectivity index (χ1v) is 9.91. The van der Waals surface area contributed by atoms with Crippen molar-refractivity contribution in [3.63, 3.8) is 0 Å². The summed E-state index contributed by atoms with van der Waals surface area (Å²) >= 11 is 0. The smallest absolute Gasteiger partial charge is 0.234 e. The number of nitrogens with one attached hydrogen (secondary N) is 1. The normalized spacial score (nSPS) is 27.0. The van der Waals surface area contributed by atoms with Gasteiger partial charge in [0.2, 0.25) is 5.91 Å². The fraction of sp³-hybridized carbons (Fsp3) is 0.947. The molecular weight excluding hydrogens is 286 g/mol. The Balaban J connectivity index is 1.57. The van der Waals surface area contributed by atoms with E-state index in [2.05, 4.69) is 29.0 Å². The summed E-state index contributed by atoms with van der Waals surface area (Å²) in [6.45, 7) is 10.7. The molecule has 4 heteroatoms. The molecule has 23 heavy (non-hydrogen) atoms. The van der Waals surface area contributed by atoms with Gasteiger partial charge in [-0.05, 0) is 31.7 Å². The fourth-order valence-electron chi connectivity index (χ4n) is 3.97. The van der Waals surface area contributed by atoms with Gasteiger partial charge in [0.1, 0.15) is 0 Å². The summed E-state index contributed by atoms with van der Waals surface area (Å²) in [5.41, 5.74) is 0. The van der Waals surface area contributed by atoms with Gasteiger partial charge in [-0.2, -0.15) is 0 Å². The summed E-state index contributed by atoms with van der Waals surface area (Å²) in [4.78, 5) is 17.1. The Bertz CT molecular complexity index is 340. The first-order valence-electron chi connectivity index (χ1n) is 9.91. The quantitative estimate of drug-likeness (QED) is 0.698. The van der Waals surface area contributed by atoms with Gasteiger partial charge in [0.05, 0.1) is 6.54 Å². The second-order valence-electron chi connectivity index (χ2n) is 7.71. The van der Waals surface area contributed by atoms with E-state index in [-0.39, 0.29) is 5.91 Å². The molecule has 0 radical (unpaired) electrons. The Labute approximate surface area is 143 Å². The van der Waals surface area contributed by atoms with Crippen LogP contribution in [0.3, 0.4) is 0 Å². The van der Waals surface area contributed by atoms with Crippen molar-refractivity contribution in [1.82, 2.24) is 15.1 Å². The highest BCUT2D eigenvalue weighted by atomic mass is 16.2. The fourth-order valence-corrected chi connectivity index (χ4v) is 3.97. The second kappa shape index (κ2) is 10.3. The van der Waals surface area contributed by atoms with Crippen molar-refractivity contribution in [3.8, 4) is 0 Å². The monoisotopic (exact) mass is 323 g/mol. The van der Waals surface area contributed by atoms with Crippen molar-refractivity contribution >= 4 is 5.91 Å². The van der Waals surface area contributed by atoms with Gasteiger partial charge < -0.3 is 10.2 Å². The highest BCUT2D eigenvalue weighted by Crippen LogP contribution is 2.23. The summed E-state index contributed by atoms with van der Waals surface area (Å²) in [6.07, 6.45) is 10.3. The molecule has 2 atom stereocenters. The molecule has 2 unspecified atom stereocenters. The Morgan fingerprint density at radius 2 is 1.78 bits per heavy atom. The van der Waals surface area contributed by atoms with Crippen molar-refractivity contribution < 1.29 is 4.79 Å². The van der Waals surface area contributed by atoms with Crippen LogP contribution < -0.4 is 5.32 Å². The van der Waals surface area contributed by atoms with E-state index in [0.29, 0.717) is 12.6 Å². The average Bonchev–Trinajstić information content (AvgIpc) is 2.53. The van der Waals surface area contributed by atoms with E-state index in [1.54, 1.807) is 0 Å². The van der Waals surface area contributed by atoms with Crippen LogP contribution in [0.2, 0.25) is 0 Å². The molecule has 1 amide bonds. The Morgan fingerprint density at radius 3 is 2.48 bits per heavy atom. The summed E-state index contributed by atoms with van der Waals surface area (Å²) in [5.74, 6) is 1.01. The molecule has 0 bridgehead atoms. The molecule has 4 nitrogen and oxygen atoms in total. The maximum absolute atomic E-state index is 12.2. The summed E-state index contributed by atoms with van der Waals surface area (Å²) < 4.78 is 0. The van der Waals surface area contributed by atoms with Crippen LogP contribution in [0.5, 0.6) is 0 Å². The lowest BCUT2D eigenvalue weighted by molar-refractivity contribution is -0.123. The first kappa shape index (κ1) is 18.7. The molecule has 1 heterocycles. The van der Waals surface area contributed by atoms with E-state index in [4.69, 9.17) is 0 Å². The molecule has 0 aromatic rings. The lowest BCUT2D eigenvalue weighted by Crippen LogP contribution is -2.50. The molecule has 1 saturated carbocycles. The summed E-state index contributed by atoms with van der Waals surface area (Å²) in [5, 5.41) is 3.26. The second-order valence-corrected chi connectivity index (χ2v) is 7.71. The number of piperazine rings is 1. The Hall–Kier alpha value is -0.610. The molecular formula is C19H37N3O. The Kier molecular flexibility index (Phi) is 8.38. The highest BCUT2D eigenvalue weighted by molar-refractivity contribution is 5.78. The minimum atomic E-state index is 0.237. The number of rotatable bonds is 8. The third kappa shape index (κ3) is 7.21. The standard InChI is InChI=1S/C19H37N3O/c1-3-4-5-6-10-21-11-13-22(14-12-21)16-19(23)20-18-9-7-8-17(2)15-18/h17-18H,3-16H2,1-2H3,(H,20,23). The van der Waals surface area contributed by atoms with E-state index in [1.807, 2.05) is 0 Å². The van der Waals surface area contributed by atoms with Gasteiger partial charge in [0.15, 0.2) is 0 Å². The van der Waals surface area contributed by atoms with Crippen LogP contribution in [0.15, 0.2) is 0 Å². The number of hydrogen-bond donors (Lipinski definition) is 1. The van der Waals surface area contributed by atoms with Crippen LogP contribution in [-0.4, -0.2) is 61.0 Å². The van der Waals surface area contributed by atoms with Crippen molar-refractivity contribution in [3.05, 3.63) is 0 Å². The molecule has 2 fully saturated rings. The van der Waals surface area contributed by atoms with Gasteiger partial charge in [-0.25, -0.2) is 0 Å². The SMILES string of the molecule is CCCCCCN1CCN(CC(=O)NC2CCCC(C)C2)CC1. The highest BCUT2D eigenvalue weighted by Gasteiger charge is 2.22. The van der Waals surface area contributed by atoms with Gasteiger partial charge in [0, 0.05) is 32.2 Å². The predicted molar refractivity (Wildman–Crippen MR) is 96.6 cm³/mol. The minimum absolute atomic E-state index is 0.237. The largest absolute Gasteiger partial charge is 0.352 e. The molecule has 134 valence electrons. The zero-order valence-corrected chi connectivity index (χ0v) is 15.4. The maximum atomic E-state index is 12.2. The molecule has 1 aliphatic carbocycles. The number of unbranched alkanes of at least 4 members (excludes halogenated alkanes) is 3. The van der Waals surface area contributed by atoms with Crippen LogP contribution in [0.1, 0.15) is 65.2 Å². The maximum Gasteiger partial charge on any atom is 0.234 e. The van der Waals surface area contributed by atoms with E-state index < -0.39 is 0 Å². The van der Waals surface area contributed by atoms with Crippen molar-refractivity contribution in [2.45, 2.75) is 71.3 Å². The lowest BCUT2D eigenvalue weighted by Gasteiger charge is -2.35. The molecule has 1 N–H and O–H groups in total. The first-order chi connectivity index (χ1) is 11.2. The number of amides is 1. The van der Waals surface area contributed by atoms with Crippen LogP contribution >= 0.6 is 0 Å². The molecule has 1 aliphatic heterocycles. The van der Waals surface area contributed by atoms with Gasteiger partial charge in [-0.15, -0.1) is 0 Å². The van der Waals surface area contributed by atoms with Crippen molar-refractivity contribution in [1.29, 1.82) is 0 Å². The molecule has 0 aromatic carbocycles. The van der Waals surface area contributed by atoms with E-state index in [9.17, 15) is 4.79 Å². The molecule has 2 rings (SSSR count). The number of hydrogen-bond acceptors (Lipinski definition) is 3. The summed E-state index contributed by atoms with van der Waals surface area (Å²) in [6, 6.07) is 0.422. The van der Waals surface area contributed by atoms with E-state index in [0.717, 1.165) is 38.5 Å². The lowest BCUT2D eigenvalue weighted by atomic mass is 9.87. The predicted octanol–water partition coefficient (Wildman–Crippen LogP) is 2.88. The van der Waals surface area contributed by atoms with Crippen LogP contribution in [0.25, 0.3) is 0 Å². The number of carbonyl (C=O) groups is 1. The summed E-state index contributed by atoms with van der Waals surface area (Å²) in [7, 11) is 0. The van der Waals surface area contributed by atoms with Gasteiger partial charge in [0.25, 0.3) is 0 Å². The van der Waals surface area contributed by atoms with Crippen molar-refractivity contribution in [2.24, 2.45) is 5.92 Å². The van der Waals surface area contributed by atoms with Gasteiger partial charge >= 0.3 is 0 Å². The Morgan fingerprint density at radius 1 is 1.04 bits per heavy atom. The third-order valence-corrected chi connectivity index (χ3v) is 5.46. The van der Waals surface area contributed by atoms with Crippen molar-refractivity contribution in [2.75, 3.05) is 39.3 Å². The molecule has 1 saturated heterocycles. The van der Waals surface area contributed by atoms with E-state index in [1.165, 1.54) is 51.5 Å². The molecule has 2 aliphatic rings. The third-order valence-electron chi connectivity index (χ3n) is 5.46. The zero-order chi connectivity index (χ0) is 16.5. The molecule has 0 aromatic heterocycles. The van der Waals surface area contributed by atoms with E-state index >= 15 is 0 Å². The minimum Gasteiger partial charge on any atom is -0.352 e. The van der Waals surface area contributed by atoms with Gasteiger partial charge in [-0.3, -0.25) is 9.69 Å². The van der Waals surface area contributed by atoms with Crippen LogP contribution in [0.4, 0.5) is 0 Å². The average molecular weight is 324 g/mol. The van der Waals surface area contributed by atoms with Gasteiger partial charge in [-0.1, -0.05) is 46.0 Å². The molecule has 0 spiro atoms. The number of carbonyl (C=O) groups excluding carboxylic acids is 1. The zero-order valence-electron chi connectivity index (χ0n) is 15.4. The topological polar surface area (TPSA) is 35.6 Å². The van der Waals surface area contributed by atoms with Crippen LogP contribution in [0, 0.1) is 5.92 Å². The van der Waals surface area contributed by atoms with Crippen LogP contribution in [-0.2, 0) is 4.79 Å². The number of nitrogens with zero attached hydrogens (tertiary/aromatic N) is 2.